The maximum Gasteiger partial charge on any atom is 0.155 e. The van der Waals surface area contributed by atoms with Crippen LogP contribution in [0.5, 0.6) is 0 Å². The number of aryl methyl sites for hydroxylation is 1. The van der Waals surface area contributed by atoms with E-state index in [9.17, 15) is 5.11 Å². The van der Waals surface area contributed by atoms with Gasteiger partial charge in [0.1, 0.15) is 0 Å². The molecule has 3 aromatic carbocycles. The van der Waals surface area contributed by atoms with Gasteiger partial charge in [-0.2, -0.15) is 0 Å². The number of aliphatic hydroxyl groups is 1. The Balaban J connectivity index is 2.00. The molecule has 0 aliphatic carbocycles. The second-order valence-corrected chi connectivity index (χ2v) is 6.16. The van der Waals surface area contributed by atoms with Gasteiger partial charge in [-0.15, -0.1) is 0 Å². The van der Waals surface area contributed by atoms with Gasteiger partial charge in [0.25, 0.3) is 0 Å². The third-order valence-corrected chi connectivity index (χ3v) is 4.66. The molecule has 0 fully saturated rings. The zero-order valence-electron chi connectivity index (χ0n) is 13.5. The highest BCUT2D eigenvalue weighted by atomic mass is 16.3. The molecule has 4 rings (SSSR count). The predicted molar refractivity (Wildman–Crippen MR) is 98.0 cm³/mol. The summed E-state index contributed by atoms with van der Waals surface area (Å²) in [7, 11) is 0. The van der Waals surface area contributed by atoms with Crippen molar-refractivity contribution >= 4 is 10.9 Å². The van der Waals surface area contributed by atoms with Crippen molar-refractivity contribution in [2.24, 2.45) is 0 Å². The Morgan fingerprint density at radius 3 is 1.88 bits per heavy atom. The Morgan fingerprint density at radius 1 is 0.750 bits per heavy atom. The number of aromatic amines is 1. The van der Waals surface area contributed by atoms with Crippen LogP contribution in [0.4, 0.5) is 0 Å². The van der Waals surface area contributed by atoms with Crippen molar-refractivity contribution in [2.75, 3.05) is 0 Å². The summed E-state index contributed by atoms with van der Waals surface area (Å²) in [6, 6.07) is 27.8. The van der Waals surface area contributed by atoms with E-state index in [1.165, 1.54) is 5.56 Å². The lowest BCUT2D eigenvalue weighted by Gasteiger charge is -2.28. The molecule has 0 saturated carbocycles. The second-order valence-electron chi connectivity index (χ2n) is 6.16. The smallest absolute Gasteiger partial charge is 0.155 e. The molecule has 1 heterocycles. The van der Waals surface area contributed by atoms with Crippen LogP contribution in [0, 0.1) is 6.92 Å². The van der Waals surface area contributed by atoms with Gasteiger partial charge in [0, 0.05) is 10.9 Å². The van der Waals surface area contributed by atoms with E-state index in [-0.39, 0.29) is 0 Å². The summed E-state index contributed by atoms with van der Waals surface area (Å²) < 4.78 is 0. The minimum Gasteiger partial charge on any atom is -0.375 e. The molecule has 0 amide bonds. The molecule has 2 heteroatoms. The van der Waals surface area contributed by atoms with E-state index in [1.807, 2.05) is 72.8 Å². The van der Waals surface area contributed by atoms with Gasteiger partial charge >= 0.3 is 0 Å². The molecule has 4 aromatic rings. The number of aromatic nitrogens is 1. The Morgan fingerprint density at radius 2 is 1.33 bits per heavy atom. The van der Waals surface area contributed by atoms with Gasteiger partial charge in [-0.25, -0.2) is 0 Å². The molecule has 0 aliphatic heterocycles. The van der Waals surface area contributed by atoms with E-state index in [4.69, 9.17) is 0 Å². The fourth-order valence-electron chi connectivity index (χ4n) is 3.34. The molecule has 24 heavy (non-hydrogen) atoms. The molecule has 2 N–H and O–H groups in total. The van der Waals surface area contributed by atoms with Crippen LogP contribution in [0.3, 0.4) is 0 Å². The average molecular weight is 313 g/mol. The van der Waals surface area contributed by atoms with E-state index in [1.54, 1.807) is 0 Å². The first-order chi connectivity index (χ1) is 11.7. The summed E-state index contributed by atoms with van der Waals surface area (Å²) in [6.07, 6.45) is 0. The highest BCUT2D eigenvalue weighted by Gasteiger charge is 2.35. The molecule has 0 unspecified atom stereocenters. The average Bonchev–Trinajstić information content (AvgIpc) is 3.09. The highest BCUT2D eigenvalue weighted by molar-refractivity contribution is 5.84. The SMILES string of the molecule is Cc1cccc2[nH]c(C(O)(c3ccccc3)c3ccccc3)cc12. The van der Waals surface area contributed by atoms with Crippen LogP contribution in [-0.2, 0) is 5.60 Å². The summed E-state index contributed by atoms with van der Waals surface area (Å²) in [5.74, 6) is 0. The van der Waals surface area contributed by atoms with Crippen molar-refractivity contribution in [3.8, 4) is 0 Å². The van der Waals surface area contributed by atoms with Crippen LogP contribution in [-0.4, -0.2) is 10.1 Å². The largest absolute Gasteiger partial charge is 0.375 e. The fraction of sp³-hybridized carbons (Fsp3) is 0.0909. The van der Waals surface area contributed by atoms with E-state index in [0.29, 0.717) is 0 Å². The molecule has 0 bridgehead atoms. The number of hydrogen-bond acceptors (Lipinski definition) is 1. The highest BCUT2D eigenvalue weighted by Crippen LogP contribution is 2.37. The van der Waals surface area contributed by atoms with Gasteiger partial charge in [0.2, 0.25) is 0 Å². The molecule has 0 spiro atoms. The molecule has 2 nitrogen and oxygen atoms in total. The Bertz CT molecular complexity index is 931. The Kier molecular flexibility index (Phi) is 3.47. The second kappa shape index (κ2) is 5.66. The Hall–Kier alpha value is -2.84. The minimum absolute atomic E-state index is 0.782. The van der Waals surface area contributed by atoms with E-state index < -0.39 is 5.60 Å². The molecule has 0 aliphatic rings. The molecular weight excluding hydrogens is 294 g/mol. The van der Waals surface area contributed by atoms with Gasteiger partial charge in [0.05, 0.1) is 5.69 Å². The summed E-state index contributed by atoms with van der Waals surface area (Å²) in [5, 5.41) is 12.9. The third-order valence-electron chi connectivity index (χ3n) is 4.66. The van der Waals surface area contributed by atoms with Crippen LogP contribution >= 0.6 is 0 Å². The lowest BCUT2D eigenvalue weighted by Crippen LogP contribution is -2.29. The number of nitrogens with one attached hydrogen (secondary N) is 1. The molecule has 1 aromatic heterocycles. The summed E-state index contributed by atoms with van der Waals surface area (Å²) >= 11 is 0. The van der Waals surface area contributed by atoms with Gasteiger partial charge in [-0.1, -0.05) is 72.8 Å². The number of hydrogen-bond donors (Lipinski definition) is 2. The zero-order chi connectivity index (χ0) is 16.6. The van der Waals surface area contributed by atoms with Crippen LogP contribution in [0.2, 0.25) is 0 Å². The maximum atomic E-state index is 11.8. The van der Waals surface area contributed by atoms with Gasteiger partial charge in [0.15, 0.2) is 5.60 Å². The van der Waals surface area contributed by atoms with E-state index in [0.717, 1.165) is 27.7 Å². The number of H-pyrrole nitrogens is 1. The quantitative estimate of drug-likeness (QED) is 0.562. The molecule has 0 saturated heterocycles. The monoisotopic (exact) mass is 313 g/mol. The normalized spacial score (nSPS) is 11.8. The van der Waals surface area contributed by atoms with Gasteiger partial charge < -0.3 is 10.1 Å². The molecule has 0 atom stereocenters. The summed E-state index contributed by atoms with van der Waals surface area (Å²) in [4.78, 5) is 3.42. The molecular formula is C22H19NO. The summed E-state index contributed by atoms with van der Waals surface area (Å²) in [6.45, 7) is 2.09. The minimum atomic E-state index is -1.21. The van der Waals surface area contributed by atoms with Crippen LogP contribution in [0.1, 0.15) is 22.4 Å². The Labute approximate surface area is 141 Å². The van der Waals surface area contributed by atoms with E-state index in [2.05, 4.69) is 24.0 Å². The number of rotatable bonds is 3. The number of benzene rings is 3. The standard InChI is InChI=1S/C22H19NO/c1-16-9-8-14-20-19(16)15-21(23-20)22(24,17-10-4-2-5-11-17)18-12-6-3-7-13-18/h2-15,23-24H,1H3. The molecule has 0 radical (unpaired) electrons. The van der Waals surface area contributed by atoms with Crippen LogP contribution in [0.15, 0.2) is 84.9 Å². The van der Waals surface area contributed by atoms with Crippen molar-refractivity contribution in [3.63, 3.8) is 0 Å². The van der Waals surface area contributed by atoms with Crippen molar-refractivity contribution in [3.05, 3.63) is 107 Å². The first-order valence-corrected chi connectivity index (χ1v) is 8.12. The predicted octanol–water partition coefficient (Wildman–Crippen LogP) is 4.76. The lowest BCUT2D eigenvalue weighted by atomic mass is 9.83. The first kappa shape index (κ1) is 14.7. The fourth-order valence-corrected chi connectivity index (χ4v) is 3.34. The first-order valence-electron chi connectivity index (χ1n) is 8.12. The van der Waals surface area contributed by atoms with Crippen molar-refractivity contribution in [1.29, 1.82) is 0 Å². The number of fused-ring (bicyclic) bond motifs is 1. The van der Waals surface area contributed by atoms with Crippen molar-refractivity contribution in [2.45, 2.75) is 12.5 Å². The van der Waals surface area contributed by atoms with Gasteiger partial charge in [-0.05, 0) is 35.7 Å². The third kappa shape index (κ3) is 2.24. The zero-order valence-corrected chi connectivity index (χ0v) is 13.5. The van der Waals surface area contributed by atoms with E-state index >= 15 is 0 Å². The summed E-state index contributed by atoms with van der Waals surface area (Å²) in [5.41, 5.74) is 3.49. The maximum absolute atomic E-state index is 11.8. The van der Waals surface area contributed by atoms with Crippen molar-refractivity contribution in [1.82, 2.24) is 4.98 Å². The molecule has 118 valence electrons. The van der Waals surface area contributed by atoms with Crippen molar-refractivity contribution < 1.29 is 5.11 Å². The van der Waals surface area contributed by atoms with Gasteiger partial charge in [-0.3, -0.25) is 0 Å². The lowest BCUT2D eigenvalue weighted by molar-refractivity contribution is 0.121. The topological polar surface area (TPSA) is 36.0 Å². The van der Waals surface area contributed by atoms with Crippen LogP contribution in [0.25, 0.3) is 10.9 Å². The van der Waals surface area contributed by atoms with Crippen LogP contribution < -0.4 is 0 Å².